The minimum absolute atomic E-state index is 0.0168. The summed E-state index contributed by atoms with van der Waals surface area (Å²) in [5, 5.41) is 20.1. The van der Waals surface area contributed by atoms with Gasteiger partial charge in [-0.15, -0.1) is 0 Å². The molecule has 2 saturated heterocycles. The summed E-state index contributed by atoms with van der Waals surface area (Å²) >= 11 is 0. The number of amides is 1. The van der Waals surface area contributed by atoms with Gasteiger partial charge in [-0.3, -0.25) is 9.69 Å². The number of anilines is 1. The number of aliphatic hydroxyl groups excluding tert-OH is 1. The number of hydrogen-bond acceptors (Lipinski definition) is 4. The van der Waals surface area contributed by atoms with Gasteiger partial charge in [-0.2, -0.15) is 0 Å². The van der Waals surface area contributed by atoms with Gasteiger partial charge in [0.2, 0.25) is 5.91 Å². The Balaban J connectivity index is 1.65. The minimum atomic E-state index is -0.1000. The van der Waals surface area contributed by atoms with Gasteiger partial charge in [-0.1, -0.05) is 29.9 Å². The van der Waals surface area contributed by atoms with Crippen LogP contribution in [0, 0.1) is 5.92 Å². The van der Waals surface area contributed by atoms with E-state index < -0.39 is 0 Å². The van der Waals surface area contributed by atoms with Crippen molar-refractivity contribution in [1.29, 1.82) is 0 Å². The van der Waals surface area contributed by atoms with Gasteiger partial charge in [-0.25, -0.2) is 0 Å². The van der Waals surface area contributed by atoms with Crippen molar-refractivity contribution >= 4 is 11.6 Å². The van der Waals surface area contributed by atoms with E-state index in [0.29, 0.717) is 18.4 Å². The van der Waals surface area contributed by atoms with Crippen LogP contribution in [0.4, 0.5) is 5.69 Å². The molecule has 4 aliphatic heterocycles. The molecule has 4 atom stereocenters. The molecule has 1 aliphatic carbocycles. The Kier molecular flexibility index (Phi) is 2.76. The number of benzene rings is 1. The Bertz CT molecular complexity index is 905. The standard InChI is InChI=1S/C21H22N2O3/c24-9-6-12-11-22-8-7-21-15-2-1-3-16(25)19(15)23-18(26)5-4-13(20(21)23)14(12)10-17(21)22/h1-4,6,14,17,20,24-25H,5,7-11H2/b12-6+. The van der Waals surface area contributed by atoms with Crippen molar-refractivity contribution in [2.45, 2.75) is 36.8 Å². The van der Waals surface area contributed by atoms with E-state index in [1.54, 1.807) is 6.07 Å². The van der Waals surface area contributed by atoms with Crippen LogP contribution in [0.15, 0.2) is 41.5 Å². The molecule has 0 radical (unpaired) electrons. The molecule has 1 aromatic rings. The highest BCUT2D eigenvalue weighted by molar-refractivity contribution is 6.02. The predicted octanol–water partition coefficient (Wildman–Crippen LogP) is 1.70. The van der Waals surface area contributed by atoms with E-state index in [1.807, 2.05) is 17.0 Å². The first-order valence-corrected chi connectivity index (χ1v) is 9.55. The van der Waals surface area contributed by atoms with Gasteiger partial charge in [0, 0.05) is 30.3 Å². The van der Waals surface area contributed by atoms with Crippen molar-refractivity contribution in [3.05, 3.63) is 47.1 Å². The maximum Gasteiger partial charge on any atom is 0.231 e. The zero-order valence-corrected chi connectivity index (χ0v) is 14.6. The molecule has 5 nitrogen and oxygen atoms in total. The third-order valence-corrected chi connectivity index (χ3v) is 7.50. The molecule has 4 heterocycles. The fraction of sp³-hybridized carbons (Fsp3) is 0.476. The lowest BCUT2D eigenvalue weighted by Crippen LogP contribution is -2.62. The predicted molar refractivity (Wildman–Crippen MR) is 97.0 cm³/mol. The second-order valence-electron chi connectivity index (χ2n) is 8.27. The van der Waals surface area contributed by atoms with E-state index in [4.69, 9.17) is 0 Å². The van der Waals surface area contributed by atoms with Gasteiger partial charge in [0.05, 0.1) is 18.3 Å². The lowest BCUT2D eigenvalue weighted by atomic mass is 9.57. The molecular formula is C21H22N2O3. The van der Waals surface area contributed by atoms with Crippen LogP contribution >= 0.6 is 0 Å². The zero-order valence-electron chi connectivity index (χ0n) is 14.6. The van der Waals surface area contributed by atoms with Crippen LogP contribution in [0.25, 0.3) is 0 Å². The lowest BCUT2D eigenvalue weighted by molar-refractivity contribution is -0.118. The summed E-state index contributed by atoms with van der Waals surface area (Å²) in [4.78, 5) is 17.4. The maximum absolute atomic E-state index is 12.9. The number of carbonyl (C=O) groups excluding carboxylic acids is 1. The summed E-state index contributed by atoms with van der Waals surface area (Å²) in [6.45, 7) is 1.97. The number of phenols is 1. The van der Waals surface area contributed by atoms with Gasteiger partial charge < -0.3 is 15.1 Å². The number of rotatable bonds is 1. The largest absolute Gasteiger partial charge is 0.506 e. The minimum Gasteiger partial charge on any atom is -0.506 e. The number of nitrogens with zero attached hydrogens (tertiary/aromatic N) is 2. The molecule has 4 unspecified atom stereocenters. The summed E-state index contributed by atoms with van der Waals surface area (Å²) in [5.74, 6) is 0.621. The quantitative estimate of drug-likeness (QED) is 0.757. The van der Waals surface area contributed by atoms with E-state index in [-0.39, 0.29) is 29.7 Å². The van der Waals surface area contributed by atoms with E-state index in [9.17, 15) is 15.0 Å². The molecule has 2 N–H and O–H groups in total. The van der Waals surface area contributed by atoms with Gasteiger partial charge in [0.15, 0.2) is 0 Å². The van der Waals surface area contributed by atoms with Gasteiger partial charge in [-0.05, 0) is 36.6 Å². The van der Waals surface area contributed by atoms with E-state index in [2.05, 4.69) is 17.0 Å². The van der Waals surface area contributed by atoms with Gasteiger partial charge >= 0.3 is 0 Å². The highest BCUT2D eigenvalue weighted by Crippen LogP contribution is 2.65. The molecule has 5 aliphatic rings. The fourth-order valence-corrected chi connectivity index (χ4v) is 6.68. The van der Waals surface area contributed by atoms with Crippen LogP contribution in [0.2, 0.25) is 0 Å². The number of fused-ring (bicyclic) bond motifs is 4. The van der Waals surface area contributed by atoms with Crippen molar-refractivity contribution in [3.8, 4) is 5.75 Å². The zero-order chi connectivity index (χ0) is 17.6. The van der Waals surface area contributed by atoms with Crippen molar-refractivity contribution in [1.82, 2.24) is 4.90 Å². The highest BCUT2D eigenvalue weighted by Gasteiger charge is 2.67. The smallest absolute Gasteiger partial charge is 0.231 e. The number of para-hydroxylation sites is 1. The van der Waals surface area contributed by atoms with E-state index >= 15 is 0 Å². The highest BCUT2D eigenvalue weighted by atomic mass is 16.3. The molecule has 5 heteroatoms. The van der Waals surface area contributed by atoms with Crippen molar-refractivity contribution < 1.29 is 15.0 Å². The van der Waals surface area contributed by atoms with Crippen LogP contribution < -0.4 is 4.90 Å². The van der Waals surface area contributed by atoms with E-state index in [1.165, 1.54) is 11.1 Å². The summed E-state index contributed by atoms with van der Waals surface area (Å²) < 4.78 is 0. The van der Waals surface area contributed by atoms with Crippen LogP contribution in [-0.4, -0.2) is 52.8 Å². The summed E-state index contributed by atoms with van der Waals surface area (Å²) in [6, 6.07) is 6.16. The SMILES string of the molecule is O=C1CC=C2C3CC4N(CCC45c4cccc(O)c4N1C25)C/C3=C\CO. The fourth-order valence-electron chi connectivity index (χ4n) is 6.68. The normalized spacial score (nSPS) is 38.4. The Labute approximate surface area is 152 Å². The molecule has 1 saturated carbocycles. The summed E-state index contributed by atoms with van der Waals surface area (Å²) in [6.07, 6.45) is 6.57. The molecule has 2 bridgehead atoms. The number of aromatic hydroxyl groups is 1. The third kappa shape index (κ3) is 1.50. The van der Waals surface area contributed by atoms with Crippen molar-refractivity contribution in [2.24, 2.45) is 5.92 Å². The molecule has 26 heavy (non-hydrogen) atoms. The number of hydrogen-bond donors (Lipinski definition) is 2. The molecular weight excluding hydrogens is 328 g/mol. The maximum atomic E-state index is 12.9. The number of piperidine rings is 1. The lowest BCUT2D eigenvalue weighted by Gasteiger charge is -2.54. The van der Waals surface area contributed by atoms with Crippen molar-refractivity contribution in [3.63, 3.8) is 0 Å². The summed E-state index contributed by atoms with van der Waals surface area (Å²) in [7, 11) is 0. The first-order valence-electron chi connectivity index (χ1n) is 9.55. The monoisotopic (exact) mass is 350 g/mol. The topological polar surface area (TPSA) is 64.0 Å². The van der Waals surface area contributed by atoms with Crippen LogP contribution in [-0.2, 0) is 10.2 Å². The third-order valence-electron chi connectivity index (χ3n) is 7.50. The molecule has 134 valence electrons. The molecule has 1 amide bonds. The Morgan fingerprint density at radius 3 is 3.08 bits per heavy atom. The molecule has 3 fully saturated rings. The molecule has 1 aromatic carbocycles. The van der Waals surface area contributed by atoms with Crippen LogP contribution in [0.5, 0.6) is 5.75 Å². The van der Waals surface area contributed by atoms with Crippen LogP contribution in [0.3, 0.4) is 0 Å². The second kappa shape index (κ2) is 4.78. The number of carbonyl (C=O) groups is 1. The van der Waals surface area contributed by atoms with Gasteiger partial charge in [0.1, 0.15) is 5.75 Å². The second-order valence-corrected chi connectivity index (χ2v) is 8.27. The van der Waals surface area contributed by atoms with E-state index in [0.717, 1.165) is 37.2 Å². The Hall–Kier alpha value is -2.11. The Morgan fingerprint density at radius 1 is 1.35 bits per heavy atom. The molecule has 6 rings (SSSR count). The van der Waals surface area contributed by atoms with Gasteiger partial charge in [0.25, 0.3) is 0 Å². The Morgan fingerprint density at radius 2 is 2.23 bits per heavy atom. The average molecular weight is 350 g/mol. The number of aliphatic hydroxyl groups is 1. The summed E-state index contributed by atoms with van der Waals surface area (Å²) in [5.41, 5.74) is 4.43. The number of phenolic OH excluding ortho intramolecular Hbond substituents is 1. The molecule has 1 spiro atoms. The molecule has 0 aromatic heterocycles. The van der Waals surface area contributed by atoms with Crippen molar-refractivity contribution in [2.75, 3.05) is 24.6 Å². The first-order chi connectivity index (χ1) is 12.7. The first kappa shape index (κ1) is 15.0. The average Bonchev–Trinajstić information content (AvgIpc) is 3.17. The van der Waals surface area contributed by atoms with Crippen LogP contribution in [0.1, 0.15) is 24.8 Å².